The molecule has 0 saturated heterocycles. The molecule has 2 N–H and O–H groups in total. The molecule has 228 valence electrons. The van der Waals surface area contributed by atoms with Gasteiger partial charge in [-0.05, 0) is 94.7 Å². The van der Waals surface area contributed by atoms with Crippen LogP contribution in [0.2, 0.25) is 5.02 Å². The molecule has 1 saturated carbocycles. The van der Waals surface area contributed by atoms with Crippen LogP contribution in [0.4, 0.5) is 10.5 Å². The summed E-state index contributed by atoms with van der Waals surface area (Å²) < 4.78 is 5.55. The summed E-state index contributed by atoms with van der Waals surface area (Å²) in [5, 5.41) is 6.29. The van der Waals surface area contributed by atoms with Crippen molar-refractivity contribution < 1.29 is 19.1 Å². The number of benzene rings is 3. The van der Waals surface area contributed by atoms with E-state index < -0.39 is 23.8 Å². The van der Waals surface area contributed by atoms with Crippen LogP contribution in [0.25, 0.3) is 0 Å². The number of amides is 3. The van der Waals surface area contributed by atoms with E-state index in [1.54, 1.807) is 31.7 Å². The molecular weight excluding hydrogens is 562 g/mol. The van der Waals surface area contributed by atoms with Gasteiger partial charge in [-0.2, -0.15) is 0 Å². The van der Waals surface area contributed by atoms with Crippen LogP contribution in [0.5, 0.6) is 0 Å². The Morgan fingerprint density at radius 1 is 0.930 bits per heavy atom. The maximum absolute atomic E-state index is 14.7. The number of nitrogens with one attached hydrogen (secondary N) is 2. The van der Waals surface area contributed by atoms with Crippen LogP contribution in [-0.4, -0.2) is 40.5 Å². The second-order valence-electron chi connectivity index (χ2n) is 12.4. The van der Waals surface area contributed by atoms with Crippen LogP contribution >= 0.6 is 11.6 Å². The predicted octanol–water partition coefficient (Wildman–Crippen LogP) is 7.46. The minimum absolute atomic E-state index is 0.170. The Kier molecular flexibility index (Phi) is 10.2. The fraction of sp³-hybridized carbons (Fsp3) is 0.400. The van der Waals surface area contributed by atoms with E-state index in [2.05, 4.69) is 10.6 Å². The van der Waals surface area contributed by atoms with Crippen molar-refractivity contribution in [3.8, 4) is 0 Å². The van der Waals surface area contributed by atoms with E-state index >= 15 is 0 Å². The second kappa shape index (κ2) is 13.6. The zero-order valence-corrected chi connectivity index (χ0v) is 26.6. The zero-order chi connectivity index (χ0) is 31.3. The standard InChI is InChI=1S/C35H42ClN3O4/c1-22-18-19-26(20-24(22)3)31(32(40)38-30-23(2)12-10-17-28(30)36)39(27-15-11-16-27)33(41)29(21-25-13-8-7-9-14-25)37-34(42)43-35(4,5)6/h7-10,12-14,17-20,27,29,31H,11,15-16,21H2,1-6H3,(H,37,42)(H,38,40). The molecule has 2 unspecified atom stereocenters. The molecule has 3 amide bonds. The number of para-hydroxylation sites is 1. The van der Waals surface area contributed by atoms with Gasteiger partial charge < -0.3 is 20.3 Å². The number of carbonyl (C=O) groups is 3. The van der Waals surface area contributed by atoms with Gasteiger partial charge >= 0.3 is 6.09 Å². The monoisotopic (exact) mass is 603 g/mol. The molecule has 1 fully saturated rings. The van der Waals surface area contributed by atoms with Gasteiger partial charge in [-0.1, -0.05) is 72.3 Å². The van der Waals surface area contributed by atoms with E-state index in [0.29, 0.717) is 16.3 Å². The second-order valence-corrected chi connectivity index (χ2v) is 12.8. The number of carbonyl (C=O) groups excluding carboxylic acids is 3. The molecule has 0 bridgehead atoms. The molecule has 0 heterocycles. The lowest BCUT2D eigenvalue weighted by Gasteiger charge is -2.43. The summed E-state index contributed by atoms with van der Waals surface area (Å²) in [6.07, 6.45) is 2.02. The summed E-state index contributed by atoms with van der Waals surface area (Å²) in [4.78, 5) is 43.7. The normalized spacial score (nSPS) is 14.7. The van der Waals surface area contributed by atoms with Crippen molar-refractivity contribution in [2.75, 3.05) is 5.32 Å². The van der Waals surface area contributed by atoms with Gasteiger partial charge in [0.05, 0.1) is 10.7 Å². The first-order chi connectivity index (χ1) is 20.3. The van der Waals surface area contributed by atoms with Gasteiger partial charge in [0.15, 0.2) is 0 Å². The van der Waals surface area contributed by atoms with E-state index in [-0.39, 0.29) is 24.3 Å². The van der Waals surface area contributed by atoms with Crippen molar-refractivity contribution in [3.63, 3.8) is 0 Å². The number of rotatable bonds is 9. The Labute approximate surface area is 260 Å². The Morgan fingerprint density at radius 2 is 1.63 bits per heavy atom. The van der Waals surface area contributed by atoms with Crippen LogP contribution in [0.15, 0.2) is 66.7 Å². The molecule has 4 rings (SSSR count). The molecule has 0 aromatic heterocycles. The van der Waals surface area contributed by atoms with Crippen molar-refractivity contribution >= 4 is 35.2 Å². The Morgan fingerprint density at radius 3 is 2.21 bits per heavy atom. The Hall–Kier alpha value is -3.84. The summed E-state index contributed by atoms with van der Waals surface area (Å²) >= 11 is 6.51. The Balaban J connectivity index is 1.78. The average molecular weight is 604 g/mol. The third-order valence-corrected chi connectivity index (χ3v) is 8.15. The van der Waals surface area contributed by atoms with Crippen molar-refractivity contribution in [3.05, 3.63) is 99.6 Å². The van der Waals surface area contributed by atoms with Crippen LogP contribution in [0, 0.1) is 20.8 Å². The molecule has 2 atom stereocenters. The fourth-order valence-electron chi connectivity index (χ4n) is 5.22. The summed E-state index contributed by atoms with van der Waals surface area (Å²) in [6, 6.07) is 18.7. The maximum atomic E-state index is 14.7. The molecule has 0 aliphatic heterocycles. The topological polar surface area (TPSA) is 87.7 Å². The predicted molar refractivity (Wildman–Crippen MR) is 171 cm³/mol. The molecular formula is C35H42ClN3O4. The highest BCUT2D eigenvalue weighted by Gasteiger charge is 2.42. The van der Waals surface area contributed by atoms with Gasteiger partial charge in [-0.15, -0.1) is 0 Å². The van der Waals surface area contributed by atoms with Crippen molar-refractivity contribution in [2.24, 2.45) is 0 Å². The molecule has 3 aromatic carbocycles. The molecule has 3 aromatic rings. The minimum atomic E-state index is -0.957. The molecule has 1 aliphatic rings. The maximum Gasteiger partial charge on any atom is 0.408 e. The highest BCUT2D eigenvalue weighted by atomic mass is 35.5. The van der Waals surface area contributed by atoms with Crippen molar-refractivity contribution in [1.82, 2.24) is 10.2 Å². The van der Waals surface area contributed by atoms with Gasteiger partial charge in [0.25, 0.3) is 5.91 Å². The van der Waals surface area contributed by atoms with Crippen LogP contribution in [0.1, 0.15) is 73.9 Å². The van der Waals surface area contributed by atoms with Gasteiger partial charge in [-0.3, -0.25) is 9.59 Å². The number of alkyl carbamates (subject to hydrolysis) is 1. The summed E-state index contributed by atoms with van der Waals surface area (Å²) in [5.41, 5.74) is 4.25. The number of hydrogen-bond acceptors (Lipinski definition) is 4. The number of hydrogen-bond donors (Lipinski definition) is 2. The Bertz CT molecular complexity index is 1440. The van der Waals surface area contributed by atoms with E-state index in [4.69, 9.17) is 16.3 Å². The third-order valence-electron chi connectivity index (χ3n) is 7.84. The third kappa shape index (κ3) is 8.17. The largest absolute Gasteiger partial charge is 0.444 e. The molecule has 0 radical (unpaired) electrons. The van der Waals surface area contributed by atoms with Gasteiger partial charge in [0.1, 0.15) is 17.7 Å². The van der Waals surface area contributed by atoms with Gasteiger partial charge in [0.2, 0.25) is 5.91 Å². The van der Waals surface area contributed by atoms with Crippen LogP contribution < -0.4 is 10.6 Å². The molecule has 43 heavy (non-hydrogen) atoms. The quantitative estimate of drug-likeness (QED) is 0.266. The molecule has 0 spiro atoms. The number of anilines is 1. The van der Waals surface area contributed by atoms with E-state index in [1.165, 1.54) is 0 Å². The minimum Gasteiger partial charge on any atom is -0.444 e. The molecule has 8 heteroatoms. The lowest BCUT2D eigenvalue weighted by molar-refractivity contribution is -0.145. The number of ether oxygens (including phenoxy) is 1. The summed E-state index contributed by atoms with van der Waals surface area (Å²) in [7, 11) is 0. The first-order valence-corrected chi connectivity index (χ1v) is 15.2. The van der Waals surface area contributed by atoms with Crippen molar-refractivity contribution in [2.45, 2.75) is 91.0 Å². The van der Waals surface area contributed by atoms with Crippen LogP contribution in [0.3, 0.4) is 0 Å². The fourth-order valence-corrected chi connectivity index (χ4v) is 5.49. The summed E-state index contributed by atoms with van der Waals surface area (Å²) in [5.74, 6) is -0.705. The first-order valence-electron chi connectivity index (χ1n) is 14.8. The van der Waals surface area contributed by atoms with E-state index in [1.807, 2.05) is 81.4 Å². The number of aryl methyl sites for hydroxylation is 3. The van der Waals surface area contributed by atoms with Crippen LogP contribution in [-0.2, 0) is 20.7 Å². The summed E-state index contributed by atoms with van der Waals surface area (Å²) in [6.45, 7) is 11.2. The highest BCUT2D eigenvalue weighted by Crippen LogP contribution is 2.36. The van der Waals surface area contributed by atoms with E-state index in [0.717, 1.165) is 41.5 Å². The zero-order valence-electron chi connectivity index (χ0n) is 25.9. The first kappa shape index (κ1) is 32.1. The van der Waals surface area contributed by atoms with Gasteiger partial charge in [0, 0.05) is 12.5 Å². The average Bonchev–Trinajstić information content (AvgIpc) is 2.90. The SMILES string of the molecule is Cc1ccc(C(C(=O)Nc2c(C)cccc2Cl)N(C(=O)C(Cc2ccccc2)NC(=O)OC(C)(C)C)C2CCC2)cc1C. The lowest BCUT2D eigenvalue weighted by Crippen LogP contribution is -2.57. The molecule has 7 nitrogen and oxygen atoms in total. The number of halogens is 1. The van der Waals surface area contributed by atoms with E-state index in [9.17, 15) is 14.4 Å². The van der Waals surface area contributed by atoms with Gasteiger partial charge in [-0.25, -0.2) is 4.79 Å². The molecule has 1 aliphatic carbocycles. The smallest absolute Gasteiger partial charge is 0.408 e. The highest BCUT2D eigenvalue weighted by molar-refractivity contribution is 6.34. The lowest BCUT2D eigenvalue weighted by atomic mass is 9.87. The van der Waals surface area contributed by atoms with Crippen molar-refractivity contribution in [1.29, 1.82) is 0 Å². The number of nitrogens with zero attached hydrogens (tertiary/aromatic N) is 1.